The Morgan fingerprint density at radius 1 is 1.03 bits per heavy atom. The van der Waals surface area contributed by atoms with Crippen LogP contribution in [0.4, 0.5) is 9.93 Å². The van der Waals surface area contributed by atoms with E-state index in [0.717, 1.165) is 11.3 Å². The molecule has 1 aromatic heterocycles. The van der Waals surface area contributed by atoms with Crippen molar-refractivity contribution in [1.29, 1.82) is 0 Å². The van der Waals surface area contributed by atoms with Gasteiger partial charge in [-0.05, 0) is 24.5 Å². The summed E-state index contributed by atoms with van der Waals surface area (Å²) in [7, 11) is 0. The molecule has 3 aromatic rings. The molecule has 0 aliphatic heterocycles. The lowest BCUT2D eigenvalue weighted by Gasteiger charge is -2.19. The molecule has 7 heteroatoms. The SMILES string of the molecule is CC(C)C[C@@H](NC(=O)Oc1ccccc1)C(=O)Nc1nc(-c2ccccc2)cs1. The number of nitrogens with zero attached hydrogens (tertiary/aromatic N) is 1. The minimum absolute atomic E-state index is 0.207. The van der Waals surface area contributed by atoms with Gasteiger partial charge in [-0.3, -0.25) is 4.79 Å². The van der Waals surface area contributed by atoms with Crippen molar-refractivity contribution in [2.24, 2.45) is 5.92 Å². The van der Waals surface area contributed by atoms with Crippen molar-refractivity contribution < 1.29 is 14.3 Å². The number of thiazole rings is 1. The second-order valence-electron chi connectivity index (χ2n) is 6.92. The molecule has 0 aliphatic rings. The first kappa shape index (κ1) is 20.5. The molecular formula is C22H23N3O3S. The number of ether oxygens (including phenoxy) is 1. The fourth-order valence-corrected chi connectivity index (χ4v) is 3.46. The monoisotopic (exact) mass is 409 g/mol. The van der Waals surface area contributed by atoms with E-state index in [9.17, 15) is 9.59 Å². The number of benzene rings is 2. The predicted octanol–water partition coefficient (Wildman–Crippen LogP) is 4.95. The van der Waals surface area contributed by atoms with Gasteiger partial charge in [-0.1, -0.05) is 62.4 Å². The van der Waals surface area contributed by atoms with E-state index in [2.05, 4.69) is 15.6 Å². The van der Waals surface area contributed by atoms with Crippen LogP contribution < -0.4 is 15.4 Å². The van der Waals surface area contributed by atoms with E-state index in [4.69, 9.17) is 4.74 Å². The summed E-state index contributed by atoms with van der Waals surface area (Å²) in [5, 5.41) is 7.84. The van der Waals surface area contributed by atoms with Crippen molar-refractivity contribution in [3.63, 3.8) is 0 Å². The third-order valence-electron chi connectivity index (χ3n) is 4.07. The molecule has 6 nitrogen and oxygen atoms in total. The third kappa shape index (κ3) is 6.15. The molecule has 0 spiro atoms. The van der Waals surface area contributed by atoms with Crippen LogP contribution in [0.15, 0.2) is 66.0 Å². The zero-order valence-electron chi connectivity index (χ0n) is 16.3. The van der Waals surface area contributed by atoms with Crippen LogP contribution in [0.2, 0.25) is 0 Å². The van der Waals surface area contributed by atoms with Crippen LogP contribution in [-0.4, -0.2) is 23.0 Å². The zero-order chi connectivity index (χ0) is 20.6. The molecule has 0 unspecified atom stereocenters. The number of carbonyl (C=O) groups is 2. The van der Waals surface area contributed by atoms with E-state index in [-0.39, 0.29) is 11.8 Å². The lowest BCUT2D eigenvalue weighted by Crippen LogP contribution is -2.45. The van der Waals surface area contributed by atoms with Crippen LogP contribution in [0.5, 0.6) is 5.75 Å². The summed E-state index contributed by atoms with van der Waals surface area (Å²) >= 11 is 1.34. The molecule has 0 saturated heterocycles. The lowest BCUT2D eigenvalue weighted by atomic mass is 10.0. The molecular weight excluding hydrogens is 386 g/mol. The second kappa shape index (κ2) is 9.84. The number of hydrogen-bond acceptors (Lipinski definition) is 5. The molecule has 29 heavy (non-hydrogen) atoms. The minimum atomic E-state index is -0.727. The number of rotatable bonds is 7. The van der Waals surface area contributed by atoms with Gasteiger partial charge in [0.05, 0.1) is 5.69 Å². The lowest BCUT2D eigenvalue weighted by molar-refractivity contribution is -0.118. The largest absolute Gasteiger partial charge is 0.413 e. The fourth-order valence-electron chi connectivity index (χ4n) is 2.74. The zero-order valence-corrected chi connectivity index (χ0v) is 17.1. The van der Waals surface area contributed by atoms with Gasteiger partial charge in [-0.2, -0.15) is 0 Å². The summed E-state index contributed by atoms with van der Waals surface area (Å²) in [6, 6.07) is 17.7. The maximum absolute atomic E-state index is 12.8. The second-order valence-corrected chi connectivity index (χ2v) is 7.78. The molecule has 0 aliphatic carbocycles. The van der Waals surface area contributed by atoms with Gasteiger partial charge in [0.15, 0.2) is 5.13 Å². The number of para-hydroxylation sites is 1. The summed E-state index contributed by atoms with van der Waals surface area (Å²) in [4.78, 5) is 29.5. The third-order valence-corrected chi connectivity index (χ3v) is 4.83. The van der Waals surface area contributed by atoms with Gasteiger partial charge in [0.2, 0.25) is 5.91 Å². The minimum Gasteiger partial charge on any atom is -0.410 e. The average Bonchev–Trinajstić information content (AvgIpc) is 3.17. The first-order valence-electron chi connectivity index (χ1n) is 9.36. The normalized spacial score (nSPS) is 11.7. The maximum Gasteiger partial charge on any atom is 0.413 e. The Hall–Kier alpha value is -3.19. The number of carbonyl (C=O) groups excluding carboxylic acids is 2. The highest BCUT2D eigenvalue weighted by molar-refractivity contribution is 7.14. The highest BCUT2D eigenvalue weighted by Gasteiger charge is 2.24. The highest BCUT2D eigenvalue weighted by Crippen LogP contribution is 2.25. The van der Waals surface area contributed by atoms with Gasteiger partial charge in [-0.15, -0.1) is 11.3 Å². The Balaban J connectivity index is 1.64. The van der Waals surface area contributed by atoms with Crippen molar-refractivity contribution in [2.75, 3.05) is 5.32 Å². The molecule has 2 amide bonds. The Morgan fingerprint density at radius 3 is 2.34 bits per heavy atom. The topological polar surface area (TPSA) is 80.3 Å². The number of anilines is 1. The standard InChI is InChI=1S/C22H23N3O3S/c1-15(2)13-18(24-22(27)28-17-11-7-4-8-12-17)20(26)25-21-23-19(14-29-21)16-9-5-3-6-10-16/h3-12,14-15,18H,13H2,1-2H3,(H,24,27)(H,23,25,26)/t18-/m1/s1. The molecule has 150 valence electrons. The first-order chi connectivity index (χ1) is 14.0. The molecule has 2 N–H and O–H groups in total. The van der Waals surface area contributed by atoms with Gasteiger partial charge in [0.1, 0.15) is 11.8 Å². The maximum atomic E-state index is 12.8. The van der Waals surface area contributed by atoms with Crippen molar-refractivity contribution in [1.82, 2.24) is 10.3 Å². The smallest absolute Gasteiger partial charge is 0.410 e. The highest BCUT2D eigenvalue weighted by atomic mass is 32.1. The Bertz CT molecular complexity index is 942. The number of amides is 2. The van der Waals surface area contributed by atoms with E-state index >= 15 is 0 Å². The Morgan fingerprint density at radius 2 is 1.69 bits per heavy atom. The predicted molar refractivity (Wildman–Crippen MR) is 115 cm³/mol. The van der Waals surface area contributed by atoms with E-state index in [1.54, 1.807) is 24.3 Å². The summed E-state index contributed by atoms with van der Waals surface area (Å²) < 4.78 is 5.25. The molecule has 0 fully saturated rings. The summed E-state index contributed by atoms with van der Waals surface area (Å²) in [5.41, 5.74) is 1.77. The summed E-state index contributed by atoms with van der Waals surface area (Å²) in [5.74, 6) is 0.303. The van der Waals surface area contributed by atoms with E-state index < -0.39 is 12.1 Å². The molecule has 1 atom stereocenters. The van der Waals surface area contributed by atoms with Crippen LogP contribution >= 0.6 is 11.3 Å². The summed E-state index contributed by atoms with van der Waals surface area (Å²) in [6.45, 7) is 3.97. The molecule has 0 radical (unpaired) electrons. The van der Waals surface area contributed by atoms with Crippen molar-refractivity contribution >= 4 is 28.5 Å². The van der Waals surface area contributed by atoms with E-state index in [0.29, 0.717) is 17.3 Å². The first-order valence-corrected chi connectivity index (χ1v) is 10.2. The average molecular weight is 410 g/mol. The van der Waals surface area contributed by atoms with Crippen LogP contribution in [0.3, 0.4) is 0 Å². The number of aromatic nitrogens is 1. The number of hydrogen-bond donors (Lipinski definition) is 2. The molecule has 0 saturated carbocycles. The Kier molecular flexibility index (Phi) is 6.97. The van der Waals surface area contributed by atoms with Crippen molar-refractivity contribution in [2.45, 2.75) is 26.3 Å². The molecule has 3 rings (SSSR count). The van der Waals surface area contributed by atoms with E-state index in [1.165, 1.54) is 11.3 Å². The Labute approximate surface area is 173 Å². The van der Waals surface area contributed by atoms with Crippen LogP contribution in [-0.2, 0) is 4.79 Å². The quantitative estimate of drug-likeness (QED) is 0.578. The van der Waals surface area contributed by atoms with Gasteiger partial charge in [-0.25, -0.2) is 9.78 Å². The summed E-state index contributed by atoms with van der Waals surface area (Å²) in [6.07, 6.45) is -0.187. The van der Waals surface area contributed by atoms with Crippen molar-refractivity contribution in [3.8, 4) is 17.0 Å². The van der Waals surface area contributed by atoms with Gasteiger partial charge in [0.25, 0.3) is 0 Å². The van der Waals surface area contributed by atoms with E-state index in [1.807, 2.05) is 55.6 Å². The molecule has 1 heterocycles. The fraction of sp³-hybridized carbons (Fsp3) is 0.227. The molecule has 2 aromatic carbocycles. The van der Waals surface area contributed by atoms with Crippen molar-refractivity contribution in [3.05, 3.63) is 66.0 Å². The number of nitrogens with one attached hydrogen (secondary N) is 2. The van der Waals surface area contributed by atoms with Gasteiger partial charge >= 0.3 is 6.09 Å². The van der Waals surface area contributed by atoms with Crippen LogP contribution in [0.25, 0.3) is 11.3 Å². The van der Waals surface area contributed by atoms with Crippen LogP contribution in [0.1, 0.15) is 20.3 Å². The van der Waals surface area contributed by atoms with Crippen LogP contribution in [0, 0.1) is 5.92 Å². The van der Waals surface area contributed by atoms with Gasteiger partial charge < -0.3 is 15.4 Å². The van der Waals surface area contributed by atoms with Gasteiger partial charge in [0, 0.05) is 10.9 Å². The molecule has 0 bridgehead atoms.